The van der Waals surface area contributed by atoms with Gasteiger partial charge in [0, 0.05) is 11.0 Å². The highest BCUT2D eigenvalue weighted by atomic mass is 79.9. The molecule has 25 heavy (non-hydrogen) atoms. The van der Waals surface area contributed by atoms with E-state index < -0.39 is 0 Å². The molecule has 2 aromatic carbocycles. The minimum absolute atomic E-state index is 0.277. The van der Waals surface area contributed by atoms with Crippen LogP contribution in [0, 0.1) is 0 Å². The Morgan fingerprint density at radius 2 is 1.80 bits per heavy atom. The third-order valence-corrected chi connectivity index (χ3v) is 5.38. The van der Waals surface area contributed by atoms with Crippen LogP contribution in [-0.4, -0.2) is 25.1 Å². The van der Waals surface area contributed by atoms with Crippen molar-refractivity contribution in [2.24, 2.45) is 0 Å². The summed E-state index contributed by atoms with van der Waals surface area (Å²) in [7, 11) is 0. The second kappa shape index (κ2) is 8.61. The molecule has 1 atom stereocenters. The van der Waals surface area contributed by atoms with Gasteiger partial charge in [-0.2, -0.15) is 0 Å². The second-order valence-corrected chi connectivity index (χ2v) is 7.32. The quantitative estimate of drug-likeness (QED) is 0.694. The molecule has 0 spiro atoms. The van der Waals surface area contributed by atoms with Crippen molar-refractivity contribution in [3.05, 3.63) is 70.2 Å². The number of benzene rings is 2. The number of rotatable bonds is 7. The number of halogens is 1. The predicted octanol–water partition coefficient (Wildman–Crippen LogP) is 3.58. The van der Waals surface area contributed by atoms with Crippen molar-refractivity contribution < 1.29 is 9.53 Å². The van der Waals surface area contributed by atoms with E-state index in [1.165, 1.54) is 5.56 Å². The lowest BCUT2D eigenvalue weighted by atomic mass is 9.79. The number of carbonyl (C=O) groups is 1. The third kappa shape index (κ3) is 4.48. The summed E-state index contributed by atoms with van der Waals surface area (Å²) in [5.41, 5.74) is 1.96. The van der Waals surface area contributed by atoms with Crippen LogP contribution in [0.2, 0.25) is 0 Å². The Balaban J connectivity index is 1.85. The van der Waals surface area contributed by atoms with Crippen molar-refractivity contribution in [2.45, 2.75) is 31.0 Å². The minimum Gasteiger partial charge on any atom is -0.458 e. The van der Waals surface area contributed by atoms with Gasteiger partial charge in [0.15, 0.2) is 0 Å². The number of piperidine rings is 1. The van der Waals surface area contributed by atoms with Gasteiger partial charge in [0.25, 0.3) is 6.47 Å². The Hall–Kier alpha value is -1.69. The van der Waals surface area contributed by atoms with E-state index in [2.05, 4.69) is 38.7 Å². The van der Waals surface area contributed by atoms with Gasteiger partial charge in [-0.15, -0.1) is 0 Å². The molecule has 132 valence electrons. The summed E-state index contributed by atoms with van der Waals surface area (Å²) in [6.45, 7) is 3.11. The topological polar surface area (TPSA) is 50.4 Å². The van der Waals surface area contributed by atoms with Crippen LogP contribution in [0.3, 0.4) is 0 Å². The van der Waals surface area contributed by atoms with Gasteiger partial charge in [-0.05, 0) is 49.2 Å². The lowest BCUT2D eigenvalue weighted by Gasteiger charge is -2.43. The second-order valence-electron chi connectivity index (χ2n) is 6.41. The number of hydrogen-bond donors (Lipinski definition) is 2. The van der Waals surface area contributed by atoms with Gasteiger partial charge in [-0.3, -0.25) is 4.79 Å². The third-order valence-electron chi connectivity index (χ3n) is 4.85. The molecule has 1 fully saturated rings. The Morgan fingerprint density at radius 1 is 1.12 bits per heavy atom. The van der Waals surface area contributed by atoms with Crippen molar-refractivity contribution in [3.63, 3.8) is 0 Å². The molecular formula is C20H23BrN2O2. The fourth-order valence-corrected chi connectivity index (χ4v) is 3.76. The van der Waals surface area contributed by atoms with Gasteiger partial charge in [-0.25, -0.2) is 0 Å². The van der Waals surface area contributed by atoms with Gasteiger partial charge in [-0.1, -0.05) is 58.4 Å². The van der Waals surface area contributed by atoms with Crippen LogP contribution < -0.4 is 10.6 Å². The van der Waals surface area contributed by atoms with Gasteiger partial charge >= 0.3 is 0 Å². The first-order valence-corrected chi connectivity index (χ1v) is 9.37. The summed E-state index contributed by atoms with van der Waals surface area (Å²) >= 11 is 3.47. The van der Waals surface area contributed by atoms with Crippen LogP contribution in [0.5, 0.6) is 0 Å². The smallest absolute Gasteiger partial charge is 0.293 e. The predicted molar refractivity (Wildman–Crippen MR) is 102 cm³/mol. The molecule has 1 aliphatic rings. The van der Waals surface area contributed by atoms with E-state index in [-0.39, 0.29) is 11.6 Å². The van der Waals surface area contributed by atoms with Gasteiger partial charge in [0.2, 0.25) is 0 Å². The molecule has 0 saturated carbocycles. The Labute approximate surface area is 157 Å². The van der Waals surface area contributed by atoms with Crippen molar-refractivity contribution in [1.29, 1.82) is 0 Å². The van der Waals surface area contributed by atoms with Crippen LogP contribution in [0.4, 0.5) is 0 Å². The fourth-order valence-electron chi connectivity index (χ4n) is 3.50. The normalized spacial score (nSPS) is 17.6. The van der Waals surface area contributed by atoms with E-state index >= 15 is 0 Å². The highest BCUT2D eigenvalue weighted by Crippen LogP contribution is 2.36. The summed E-state index contributed by atoms with van der Waals surface area (Å²) in [4.78, 5) is 11.2. The van der Waals surface area contributed by atoms with Crippen LogP contribution in [0.15, 0.2) is 59.1 Å². The SMILES string of the molecule is O=COC(c1ccccc1)C1(NCc2ccc(Br)cc2)CCNCC1. The lowest BCUT2D eigenvalue weighted by molar-refractivity contribution is -0.139. The minimum atomic E-state index is -0.302. The van der Waals surface area contributed by atoms with Crippen molar-refractivity contribution >= 4 is 22.4 Å². The van der Waals surface area contributed by atoms with Crippen LogP contribution in [-0.2, 0) is 16.1 Å². The number of carbonyl (C=O) groups excluding carboxylic acids is 1. The van der Waals surface area contributed by atoms with E-state index in [0.29, 0.717) is 6.47 Å². The van der Waals surface area contributed by atoms with Crippen LogP contribution in [0.1, 0.15) is 30.1 Å². The molecule has 2 aromatic rings. The van der Waals surface area contributed by atoms with Gasteiger partial charge < -0.3 is 15.4 Å². The molecule has 5 heteroatoms. The van der Waals surface area contributed by atoms with Crippen molar-refractivity contribution in [3.8, 4) is 0 Å². The number of hydrogen-bond acceptors (Lipinski definition) is 4. The average Bonchev–Trinajstić information content (AvgIpc) is 2.67. The molecule has 1 unspecified atom stereocenters. The van der Waals surface area contributed by atoms with E-state index in [1.807, 2.05) is 42.5 Å². The Morgan fingerprint density at radius 3 is 2.44 bits per heavy atom. The standard InChI is InChI=1S/C20H23BrN2O2/c21-18-8-6-16(7-9-18)14-23-20(10-12-22-13-11-20)19(25-15-24)17-4-2-1-3-5-17/h1-9,15,19,22-23H,10-14H2. The summed E-state index contributed by atoms with van der Waals surface area (Å²) in [6, 6.07) is 18.3. The molecule has 1 aliphatic heterocycles. The largest absolute Gasteiger partial charge is 0.458 e. The summed E-state index contributed by atoms with van der Waals surface area (Å²) in [6.07, 6.45) is 1.50. The molecule has 0 aliphatic carbocycles. The molecule has 3 rings (SSSR count). The Bertz CT molecular complexity index is 670. The Kier molecular flexibility index (Phi) is 6.24. The van der Waals surface area contributed by atoms with E-state index in [0.717, 1.165) is 42.5 Å². The maximum absolute atomic E-state index is 11.2. The molecular weight excluding hydrogens is 380 g/mol. The van der Waals surface area contributed by atoms with Gasteiger partial charge in [0.05, 0.1) is 5.54 Å². The summed E-state index contributed by atoms with van der Waals surface area (Å²) < 4.78 is 6.67. The fraction of sp³-hybridized carbons (Fsp3) is 0.350. The van der Waals surface area contributed by atoms with E-state index in [9.17, 15) is 4.79 Å². The molecule has 0 amide bonds. The van der Waals surface area contributed by atoms with Crippen LogP contribution >= 0.6 is 15.9 Å². The monoisotopic (exact) mass is 402 g/mol. The zero-order valence-corrected chi connectivity index (χ0v) is 15.7. The maximum atomic E-state index is 11.2. The summed E-state index contributed by atoms with van der Waals surface area (Å²) in [5, 5.41) is 7.12. The molecule has 2 N–H and O–H groups in total. The first-order chi connectivity index (χ1) is 12.2. The molecule has 1 heterocycles. The van der Waals surface area contributed by atoms with E-state index in [1.54, 1.807) is 0 Å². The lowest BCUT2D eigenvalue weighted by Crippen LogP contribution is -2.56. The highest BCUT2D eigenvalue weighted by Gasteiger charge is 2.41. The first-order valence-electron chi connectivity index (χ1n) is 8.58. The molecule has 1 saturated heterocycles. The molecule has 0 aromatic heterocycles. The van der Waals surface area contributed by atoms with Gasteiger partial charge in [0.1, 0.15) is 6.10 Å². The zero-order valence-electron chi connectivity index (χ0n) is 14.1. The zero-order chi connectivity index (χ0) is 17.5. The van der Waals surface area contributed by atoms with Crippen LogP contribution in [0.25, 0.3) is 0 Å². The number of nitrogens with one attached hydrogen (secondary N) is 2. The van der Waals surface area contributed by atoms with E-state index in [4.69, 9.17) is 4.74 Å². The maximum Gasteiger partial charge on any atom is 0.293 e. The molecule has 0 radical (unpaired) electrons. The van der Waals surface area contributed by atoms with Crippen molar-refractivity contribution in [1.82, 2.24) is 10.6 Å². The first kappa shape index (κ1) is 18.1. The highest BCUT2D eigenvalue weighted by molar-refractivity contribution is 9.10. The number of ether oxygens (including phenoxy) is 1. The van der Waals surface area contributed by atoms with Crippen molar-refractivity contribution in [2.75, 3.05) is 13.1 Å². The average molecular weight is 403 g/mol. The molecule has 4 nitrogen and oxygen atoms in total. The molecule has 0 bridgehead atoms. The summed E-state index contributed by atoms with van der Waals surface area (Å²) in [5.74, 6) is 0.